The van der Waals surface area contributed by atoms with E-state index >= 15 is 0 Å². The van der Waals surface area contributed by atoms with Crippen molar-refractivity contribution >= 4 is 11.0 Å². The summed E-state index contributed by atoms with van der Waals surface area (Å²) in [5, 5.41) is 0. The van der Waals surface area contributed by atoms with Crippen molar-refractivity contribution in [3.63, 3.8) is 0 Å². The standard InChI is InChI=1S/C5H10O3S/c1-2-3-4-5-8-9(6)7/h3-4,9H,2,5H2,1H3/b4-3+. The van der Waals surface area contributed by atoms with E-state index in [-0.39, 0.29) is 6.61 Å². The maximum atomic E-state index is 9.74. The van der Waals surface area contributed by atoms with Crippen molar-refractivity contribution < 1.29 is 12.6 Å². The molecule has 0 saturated heterocycles. The monoisotopic (exact) mass is 150 g/mol. The molecule has 0 saturated carbocycles. The van der Waals surface area contributed by atoms with Crippen molar-refractivity contribution in [2.24, 2.45) is 0 Å². The highest BCUT2D eigenvalue weighted by molar-refractivity contribution is 7.67. The maximum absolute atomic E-state index is 9.74. The third-order valence-electron chi connectivity index (χ3n) is 0.679. The smallest absolute Gasteiger partial charge is 0.257 e. The summed E-state index contributed by atoms with van der Waals surface area (Å²) >= 11 is 0. The molecule has 0 atom stereocenters. The topological polar surface area (TPSA) is 43.4 Å². The molecular formula is C5H10O3S. The van der Waals surface area contributed by atoms with E-state index in [9.17, 15) is 8.42 Å². The van der Waals surface area contributed by atoms with E-state index in [0.29, 0.717) is 0 Å². The second kappa shape index (κ2) is 5.78. The van der Waals surface area contributed by atoms with Crippen molar-refractivity contribution in [2.75, 3.05) is 6.61 Å². The molecule has 54 valence electrons. The molecule has 0 bridgehead atoms. The fourth-order valence-corrected chi connectivity index (χ4v) is 0.546. The van der Waals surface area contributed by atoms with Gasteiger partial charge in [-0.25, -0.2) is 8.42 Å². The van der Waals surface area contributed by atoms with E-state index in [1.54, 1.807) is 6.08 Å². The zero-order valence-corrected chi connectivity index (χ0v) is 6.14. The Morgan fingerprint density at radius 1 is 1.44 bits per heavy atom. The summed E-state index contributed by atoms with van der Waals surface area (Å²) in [5.41, 5.74) is 0. The maximum Gasteiger partial charge on any atom is 0.257 e. The van der Waals surface area contributed by atoms with Gasteiger partial charge in [0.2, 0.25) is 0 Å². The Kier molecular flexibility index (Phi) is 5.56. The van der Waals surface area contributed by atoms with E-state index in [2.05, 4.69) is 4.18 Å². The highest BCUT2D eigenvalue weighted by Crippen LogP contribution is 1.80. The first-order valence-corrected chi connectivity index (χ1v) is 3.79. The summed E-state index contributed by atoms with van der Waals surface area (Å²) < 4.78 is 23.7. The predicted molar refractivity (Wildman–Crippen MR) is 35.7 cm³/mol. The molecule has 0 aliphatic carbocycles. The molecule has 0 heterocycles. The Morgan fingerprint density at radius 2 is 2.11 bits per heavy atom. The number of hydrogen-bond acceptors (Lipinski definition) is 3. The van der Waals surface area contributed by atoms with E-state index in [4.69, 9.17) is 0 Å². The Labute approximate surface area is 56.5 Å². The molecule has 0 aliphatic rings. The zero-order valence-electron chi connectivity index (χ0n) is 5.24. The van der Waals surface area contributed by atoms with Crippen molar-refractivity contribution in [2.45, 2.75) is 13.3 Å². The molecule has 0 aromatic heterocycles. The number of thiol groups is 1. The molecule has 0 radical (unpaired) electrons. The molecule has 0 rings (SSSR count). The van der Waals surface area contributed by atoms with Crippen LogP contribution in [0.3, 0.4) is 0 Å². The molecule has 0 aromatic rings. The van der Waals surface area contributed by atoms with Gasteiger partial charge in [0.15, 0.2) is 0 Å². The van der Waals surface area contributed by atoms with Crippen LogP contribution in [0.1, 0.15) is 13.3 Å². The van der Waals surface area contributed by atoms with Gasteiger partial charge in [-0.2, -0.15) is 0 Å². The van der Waals surface area contributed by atoms with Crippen LogP contribution >= 0.6 is 0 Å². The van der Waals surface area contributed by atoms with Crippen molar-refractivity contribution in [3.8, 4) is 0 Å². The molecule has 0 amide bonds. The van der Waals surface area contributed by atoms with E-state index in [1.165, 1.54) is 0 Å². The number of allylic oxidation sites excluding steroid dienone is 1. The van der Waals surface area contributed by atoms with Gasteiger partial charge in [0, 0.05) is 0 Å². The molecule has 0 unspecified atom stereocenters. The van der Waals surface area contributed by atoms with Crippen LogP contribution in [0.15, 0.2) is 12.2 Å². The van der Waals surface area contributed by atoms with Crippen molar-refractivity contribution in [1.29, 1.82) is 0 Å². The van der Waals surface area contributed by atoms with Crippen LogP contribution in [0.25, 0.3) is 0 Å². The van der Waals surface area contributed by atoms with Gasteiger partial charge >= 0.3 is 0 Å². The highest BCUT2D eigenvalue weighted by atomic mass is 32.2. The Bertz CT molecular complexity index is 140. The van der Waals surface area contributed by atoms with Crippen LogP contribution in [0.2, 0.25) is 0 Å². The Balaban J connectivity index is 3.19. The van der Waals surface area contributed by atoms with Gasteiger partial charge in [-0.05, 0) is 6.42 Å². The average Bonchev–Trinajstić information content (AvgIpc) is 1.80. The lowest BCUT2D eigenvalue weighted by atomic mass is 10.4. The summed E-state index contributed by atoms with van der Waals surface area (Å²) in [6.45, 7) is 2.13. The van der Waals surface area contributed by atoms with Crippen LogP contribution in [0, 0.1) is 0 Å². The SMILES string of the molecule is CC/C=C/CO[SH](=O)=O. The minimum Gasteiger partial charge on any atom is -0.268 e. The Hall–Kier alpha value is -0.350. The summed E-state index contributed by atoms with van der Waals surface area (Å²) in [7, 11) is -2.67. The molecule has 0 fully saturated rings. The van der Waals surface area contributed by atoms with Crippen LogP contribution in [-0.4, -0.2) is 15.0 Å². The molecule has 3 nitrogen and oxygen atoms in total. The second-order valence-electron chi connectivity index (χ2n) is 1.40. The minimum atomic E-state index is -2.67. The minimum absolute atomic E-state index is 0.159. The van der Waals surface area contributed by atoms with Gasteiger partial charge < -0.3 is 0 Å². The Morgan fingerprint density at radius 3 is 2.56 bits per heavy atom. The van der Waals surface area contributed by atoms with E-state index in [0.717, 1.165) is 6.42 Å². The molecule has 0 aliphatic heterocycles. The first-order chi connectivity index (χ1) is 4.27. The predicted octanol–water partition coefficient (Wildman–Crippen LogP) is 0.496. The van der Waals surface area contributed by atoms with Crippen LogP contribution in [-0.2, 0) is 15.2 Å². The third kappa shape index (κ3) is 7.65. The second-order valence-corrected chi connectivity index (χ2v) is 2.10. The van der Waals surface area contributed by atoms with Gasteiger partial charge in [-0.3, -0.25) is 4.18 Å². The first kappa shape index (κ1) is 8.65. The normalized spacial score (nSPS) is 11.3. The molecule has 0 aromatic carbocycles. The van der Waals surface area contributed by atoms with E-state index in [1.807, 2.05) is 13.0 Å². The molecule has 0 N–H and O–H groups in total. The summed E-state index contributed by atoms with van der Waals surface area (Å²) in [6.07, 6.45) is 4.42. The number of hydrogen-bond donors (Lipinski definition) is 1. The lowest BCUT2D eigenvalue weighted by Gasteiger charge is -1.84. The van der Waals surface area contributed by atoms with Crippen LogP contribution < -0.4 is 0 Å². The summed E-state index contributed by atoms with van der Waals surface area (Å²) in [4.78, 5) is 0. The van der Waals surface area contributed by atoms with Crippen LogP contribution in [0.5, 0.6) is 0 Å². The highest BCUT2D eigenvalue weighted by Gasteiger charge is 1.78. The quantitative estimate of drug-likeness (QED) is 0.468. The summed E-state index contributed by atoms with van der Waals surface area (Å²) in [5.74, 6) is 0. The van der Waals surface area contributed by atoms with Gasteiger partial charge in [0.25, 0.3) is 11.0 Å². The average molecular weight is 150 g/mol. The molecule has 0 spiro atoms. The summed E-state index contributed by atoms with van der Waals surface area (Å²) in [6, 6.07) is 0. The van der Waals surface area contributed by atoms with Crippen molar-refractivity contribution in [1.82, 2.24) is 0 Å². The van der Waals surface area contributed by atoms with Gasteiger partial charge in [-0.1, -0.05) is 19.1 Å². The van der Waals surface area contributed by atoms with Gasteiger partial charge in [0.1, 0.15) is 0 Å². The van der Waals surface area contributed by atoms with Gasteiger partial charge in [0.05, 0.1) is 6.61 Å². The molecule has 4 heteroatoms. The van der Waals surface area contributed by atoms with Crippen molar-refractivity contribution in [3.05, 3.63) is 12.2 Å². The van der Waals surface area contributed by atoms with Crippen LogP contribution in [0.4, 0.5) is 0 Å². The lowest BCUT2D eigenvalue weighted by Crippen LogP contribution is -1.86. The van der Waals surface area contributed by atoms with E-state index < -0.39 is 11.0 Å². The molecular weight excluding hydrogens is 140 g/mol. The molecule has 9 heavy (non-hydrogen) atoms. The zero-order chi connectivity index (χ0) is 7.11. The number of rotatable bonds is 4. The first-order valence-electron chi connectivity index (χ1n) is 2.69. The van der Waals surface area contributed by atoms with Gasteiger partial charge in [-0.15, -0.1) is 0 Å². The third-order valence-corrected chi connectivity index (χ3v) is 1.04. The lowest BCUT2D eigenvalue weighted by molar-refractivity contribution is 0.374. The largest absolute Gasteiger partial charge is 0.268 e. The fraction of sp³-hybridized carbons (Fsp3) is 0.600. The fourth-order valence-electron chi connectivity index (χ4n) is 0.339.